The third-order valence-electron chi connectivity index (χ3n) is 10.5. The van der Waals surface area contributed by atoms with E-state index in [2.05, 4.69) is 10.6 Å². The summed E-state index contributed by atoms with van der Waals surface area (Å²) in [7, 11) is 1.05. The number of aryl methyl sites for hydroxylation is 1. The van der Waals surface area contributed by atoms with Crippen molar-refractivity contribution in [3.8, 4) is 28.4 Å². The molecular weight excluding hydrogens is 675 g/mol. The summed E-state index contributed by atoms with van der Waals surface area (Å²) in [6, 6.07) is 5.76. The van der Waals surface area contributed by atoms with Gasteiger partial charge in [-0.3, -0.25) is 14.4 Å². The summed E-state index contributed by atoms with van der Waals surface area (Å²) in [4.78, 5) is 42.3. The first-order valence-corrected chi connectivity index (χ1v) is 19.4. The van der Waals surface area contributed by atoms with Gasteiger partial charge < -0.3 is 29.7 Å². The van der Waals surface area contributed by atoms with Crippen molar-refractivity contribution in [1.29, 1.82) is 0 Å². The predicted molar refractivity (Wildman–Crippen MR) is 197 cm³/mol. The zero-order chi connectivity index (χ0) is 36.9. The Morgan fingerprint density at radius 1 is 0.902 bits per heavy atom. The van der Waals surface area contributed by atoms with Crippen molar-refractivity contribution in [2.75, 3.05) is 65.9 Å². The molecule has 0 bridgehead atoms. The van der Waals surface area contributed by atoms with E-state index in [9.17, 15) is 22.8 Å². The van der Waals surface area contributed by atoms with E-state index in [1.54, 1.807) is 29.5 Å². The van der Waals surface area contributed by atoms with Crippen LogP contribution in [0.25, 0.3) is 11.1 Å². The number of nitrogens with one attached hydrogen (secondary N) is 2. The number of nitrogens with zero attached hydrogens (tertiary/aromatic N) is 3. The van der Waals surface area contributed by atoms with Gasteiger partial charge >= 0.3 is 0 Å². The Hall–Kier alpha value is -3.88. The number of methoxy groups -OCH3 is 3. The summed E-state index contributed by atoms with van der Waals surface area (Å²) in [6.07, 6.45) is 5.56. The molecule has 280 valence electrons. The van der Waals surface area contributed by atoms with Crippen molar-refractivity contribution >= 4 is 27.7 Å². The number of rotatable bonds is 11. The van der Waals surface area contributed by atoms with Gasteiger partial charge in [0.15, 0.2) is 11.5 Å². The van der Waals surface area contributed by atoms with Gasteiger partial charge in [0.2, 0.25) is 23.0 Å². The molecule has 0 aromatic heterocycles. The van der Waals surface area contributed by atoms with Gasteiger partial charge in [-0.15, -0.1) is 0 Å². The molecule has 2 saturated heterocycles. The Bertz CT molecular complexity index is 1750. The van der Waals surface area contributed by atoms with Gasteiger partial charge in [0, 0.05) is 51.8 Å². The maximum absolute atomic E-state index is 14.1. The van der Waals surface area contributed by atoms with E-state index in [-0.39, 0.29) is 55.0 Å². The first kappa shape index (κ1) is 38.4. The quantitative estimate of drug-likeness (QED) is 0.351. The number of ether oxygens (including phenoxy) is 3. The Labute approximate surface area is 301 Å². The van der Waals surface area contributed by atoms with E-state index in [0.717, 1.165) is 36.8 Å². The molecule has 14 heteroatoms. The Morgan fingerprint density at radius 3 is 2.14 bits per heavy atom. The molecule has 0 saturated carbocycles. The number of hydrogen-bond donors (Lipinski definition) is 2. The van der Waals surface area contributed by atoms with Gasteiger partial charge in [-0.2, -0.15) is 17.0 Å². The van der Waals surface area contributed by atoms with Crippen LogP contribution in [0, 0.1) is 5.92 Å². The molecule has 2 aromatic rings. The maximum atomic E-state index is 14.1. The van der Waals surface area contributed by atoms with Crippen LogP contribution in [0.2, 0.25) is 0 Å². The minimum Gasteiger partial charge on any atom is -0.493 e. The van der Waals surface area contributed by atoms with Gasteiger partial charge in [-0.1, -0.05) is 39.2 Å². The fourth-order valence-electron chi connectivity index (χ4n) is 7.45. The van der Waals surface area contributed by atoms with Crippen LogP contribution in [0.4, 0.5) is 5.69 Å². The van der Waals surface area contributed by atoms with Crippen LogP contribution in [0.5, 0.6) is 17.2 Å². The molecule has 2 aromatic carbocycles. The lowest BCUT2D eigenvalue weighted by Gasteiger charge is -2.38. The summed E-state index contributed by atoms with van der Waals surface area (Å²) < 4.78 is 47.1. The number of amides is 2. The summed E-state index contributed by atoms with van der Waals surface area (Å²) in [5.41, 5.74) is 2.88. The van der Waals surface area contributed by atoms with Gasteiger partial charge in [-0.05, 0) is 66.5 Å². The second kappa shape index (κ2) is 16.6. The zero-order valence-electron chi connectivity index (χ0n) is 30.7. The Morgan fingerprint density at radius 2 is 1.55 bits per heavy atom. The fraction of sp³-hybridized carbons (Fsp3) is 0.595. The van der Waals surface area contributed by atoms with E-state index < -0.39 is 22.3 Å². The van der Waals surface area contributed by atoms with Gasteiger partial charge in [0.05, 0.1) is 33.1 Å². The highest BCUT2D eigenvalue weighted by molar-refractivity contribution is 7.86. The second-order valence-corrected chi connectivity index (χ2v) is 15.6. The fourth-order valence-corrected chi connectivity index (χ4v) is 9.12. The van der Waals surface area contributed by atoms with E-state index in [4.69, 9.17) is 14.2 Å². The molecule has 2 N–H and O–H groups in total. The smallest absolute Gasteiger partial charge is 0.282 e. The van der Waals surface area contributed by atoms with E-state index in [0.29, 0.717) is 60.7 Å². The summed E-state index contributed by atoms with van der Waals surface area (Å²) in [5, 5.41) is 6.32. The van der Waals surface area contributed by atoms with E-state index in [1.165, 1.54) is 24.4 Å². The number of hydrogen-bond acceptors (Lipinski definition) is 9. The molecule has 3 unspecified atom stereocenters. The average molecular weight is 728 g/mol. The molecule has 2 heterocycles. The number of carbonyl (C=O) groups is 2. The molecule has 3 aliphatic rings. The van der Waals surface area contributed by atoms with Crippen LogP contribution >= 0.6 is 0 Å². The molecule has 3 atom stereocenters. The van der Waals surface area contributed by atoms with Crippen LogP contribution in [0.3, 0.4) is 0 Å². The monoisotopic (exact) mass is 727 g/mol. The number of anilines is 1. The highest BCUT2D eigenvalue weighted by Gasteiger charge is 2.37. The molecule has 5 rings (SSSR count). The van der Waals surface area contributed by atoms with Crippen molar-refractivity contribution in [3.05, 3.63) is 45.6 Å². The molecule has 2 fully saturated rings. The molecule has 0 spiro atoms. The van der Waals surface area contributed by atoms with Crippen LogP contribution in [0.15, 0.2) is 29.1 Å². The standard InChI is InChI=1S/C37H53N5O8S/c1-7-24(2)34(37(45)40-18-20-42(21-19-40)51(46,47)41-16-10-8-9-11-17-41)39-30-15-13-27-28(23-31(30)44)29(38-25(3)43)14-12-26-22-32(48-4)35(49-5)36(50-6)33(26)27/h13,15,22-24,29,34H,7-12,14,16-21H2,1-6H3,(H,38,43)(H,39,44). The van der Waals surface area contributed by atoms with Crippen LogP contribution in [-0.2, 0) is 26.2 Å². The van der Waals surface area contributed by atoms with E-state index in [1.807, 2.05) is 26.0 Å². The first-order valence-electron chi connectivity index (χ1n) is 18.0. The highest BCUT2D eigenvalue weighted by Crippen LogP contribution is 2.50. The van der Waals surface area contributed by atoms with Crippen LogP contribution < -0.4 is 30.3 Å². The van der Waals surface area contributed by atoms with Crippen molar-refractivity contribution in [2.24, 2.45) is 5.92 Å². The maximum Gasteiger partial charge on any atom is 0.282 e. The lowest BCUT2D eigenvalue weighted by Crippen LogP contribution is -2.57. The zero-order valence-corrected chi connectivity index (χ0v) is 31.6. The van der Waals surface area contributed by atoms with Crippen molar-refractivity contribution in [1.82, 2.24) is 18.8 Å². The number of fused-ring (bicyclic) bond motifs is 3. The van der Waals surface area contributed by atoms with Crippen LogP contribution in [0.1, 0.15) is 76.5 Å². The highest BCUT2D eigenvalue weighted by atomic mass is 32.2. The van der Waals surface area contributed by atoms with Gasteiger partial charge in [0.25, 0.3) is 10.2 Å². The predicted octanol–water partition coefficient (Wildman–Crippen LogP) is 3.95. The molecule has 2 amide bonds. The van der Waals surface area contributed by atoms with Crippen molar-refractivity contribution < 1.29 is 32.2 Å². The van der Waals surface area contributed by atoms with Gasteiger partial charge in [0.1, 0.15) is 6.04 Å². The Balaban J connectivity index is 1.47. The summed E-state index contributed by atoms with van der Waals surface area (Å²) >= 11 is 0. The lowest BCUT2D eigenvalue weighted by atomic mass is 9.95. The topological polar surface area (TPSA) is 147 Å². The lowest BCUT2D eigenvalue weighted by molar-refractivity contribution is -0.134. The summed E-state index contributed by atoms with van der Waals surface area (Å²) in [6.45, 7) is 7.44. The molecule has 51 heavy (non-hydrogen) atoms. The number of carbonyl (C=O) groups excluding carboxylic acids is 2. The van der Waals surface area contributed by atoms with Crippen LogP contribution in [-0.4, -0.2) is 100 Å². The average Bonchev–Trinajstić information content (AvgIpc) is 3.56. The largest absolute Gasteiger partial charge is 0.493 e. The number of piperazine rings is 1. The minimum absolute atomic E-state index is 0.135. The SMILES string of the molecule is CCC(C)C(Nc1ccc2c(cc1=O)C(NC(C)=O)CCc1cc(OC)c(OC)c(OC)c1-2)C(=O)N1CCN(S(=O)(=O)N2CCCCCC2)CC1. The molecule has 1 aliphatic carbocycles. The third-order valence-corrected chi connectivity index (χ3v) is 12.5. The Kier molecular flexibility index (Phi) is 12.5. The first-order chi connectivity index (χ1) is 24.4. The summed E-state index contributed by atoms with van der Waals surface area (Å²) in [5.74, 6) is 0.839. The normalized spacial score (nSPS) is 19.7. The third kappa shape index (κ3) is 8.12. The van der Waals surface area contributed by atoms with Crippen molar-refractivity contribution in [3.63, 3.8) is 0 Å². The molecular formula is C37H53N5O8S. The molecule has 0 radical (unpaired) electrons. The second-order valence-electron chi connectivity index (χ2n) is 13.6. The van der Waals surface area contributed by atoms with E-state index >= 15 is 0 Å². The molecule has 13 nitrogen and oxygen atoms in total. The molecule has 2 aliphatic heterocycles. The number of benzene rings is 1. The van der Waals surface area contributed by atoms with Crippen molar-refractivity contribution in [2.45, 2.75) is 77.8 Å². The minimum atomic E-state index is -3.60. The van der Waals surface area contributed by atoms with Gasteiger partial charge in [-0.25, -0.2) is 0 Å².